The molecule has 0 spiro atoms. The number of sulfonamides is 1. The number of aromatic amines is 1. The molecule has 3 aliphatic carbocycles. The number of nitrogens with one attached hydrogen (secondary N) is 1. The van der Waals surface area contributed by atoms with Crippen LogP contribution in [0.3, 0.4) is 0 Å². The van der Waals surface area contributed by atoms with Crippen molar-refractivity contribution in [2.24, 2.45) is 11.3 Å². The maximum Gasteiger partial charge on any atom is 0.416 e. The number of benzene rings is 1. The first-order valence-corrected chi connectivity index (χ1v) is 11.7. The van der Waals surface area contributed by atoms with Crippen LogP contribution < -0.4 is 4.90 Å². The molecule has 0 saturated heterocycles. The number of alkyl halides is 5. The van der Waals surface area contributed by atoms with E-state index >= 15 is 0 Å². The van der Waals surface area contributed by atoms with Crippen molar-refractivity contribution >= 4 is 15.7 Å². The minimum Gasteiger partial charge on any atom is -0.361 e. The number of halogens is 5. The summed E-state index contributed by atoms with van der Waals surface area (Å²) in [5.74, 6) is -3.11. The van der Waals surface area contributed by atoms with Crippen LogP contribution in [-0.2, 0) is 29.3 Å². The van der Waals surface area contributed by atoms with E-state index in [9.17, 15) is 30.4 Å². The van der Waals surface area contributed by atoms with E-state index in [0.29, 0.717) is 21.6 Å². The van der Waals surface area contributed by atoms with Crippen LogP contribution in [0.2, 0.25) is 0 Å². The number of fused-ring (bicyclic) bond motifs is 1. The van der Waals surface area contributed by atoms with Gasteiger partial charge in [0.2, 0.25) is 0 Å². The smallest absolute Gasteiger partial charge is 0.361 e. The largest absolute Gasteiger partial charge is 0.416 e. The first kappa shape index (κ1) is 21.6. The standard InChI is InChI=1S/C20H21F5N4O2S/c21-18(22)32(30,31)28-8-13-3-14(20(23,24)25)1-2-16(13)29(9-15-7-26-11-27-15)17(10-28)19-4-12(5-19)6-19/h1-3,7,11-12,17-18H,4-6,8-10H2,(H,26,27)/t12?,17-,19?/m0/s1. The number of H-pyrrole nitrogens is 1. The zero-order valence-electron chi connectivity index (χ0n) is 16.8. The number of imidazole rings is 1. The van der Waals surface area contributed by atoms with E-state index in [1.165, 1.54) is 12.4 Å². The number of aromatic nitrogens is 2. The third-order valence-corrected chi connectivity index (χ3v) is 8.54. The summed E-state index contributed by atoms with van der Waals surface area (Å²) in [4.78, 5) is 8.83. The number of nitrogens with zero attached hydrogens (tertiary/aromatic N) is 3. The Morgan fingerprint density at radius 1 is 1.22 bits per heavy atom. The fourth-order valence-electron chi connectivity index (χ4n) is 5.42. The molecule has 3 fully saturated rings. The molecule has 0 unspecified atom stereocenters. The van der Waals surface area contributed by atoms with Gasteiger partial charge >= 0.3 is 11.9 Å². The lowest BCUT2D eigenvalue weighted by Gasteiger charge is -2.67. The molecule has 2 heterocycles. The van der Waals surface area contributed by atoms with Crippen molar-refractivity contribution in [2.45, 2.75) is 50.3 Å². The predicted molar refractivity (Wildman–Crippen MR) is 105 cm³/mol. The zero-order valence-corrected chi connectivity index (χ0v) is 17.6. The second-order valence-electron chi connectivity index (χ2n) is 9.00. The van der Waals surface area contributed by atoms with Crippen molar-refractivity contribution < 1.29 is 30.4 Å². The summed E-state index contributed by atoms with van der Waals surface area (Å²) in [5.41, 5.74) is -0.00842. The van der Waals surface area contributed by atoms with Gasteiger partial charge in [0.15, 0.2) is 0 Å². The molecule has 12 heteroatoms. The molecule has 3 saturated carbocycles. The lowest BCUT2D eigenvalue weighted by Crippen LogP contribution is -2.66. The summed E-state index contributed by atoms with van der Waals surface area (Å²) in [7, 11) is -4.99. The number of hydrogen-bond acceptors (Lipinski definition) is 4. The molecule has 1 N–H and O–H groups in total. The second kappa shape index (κ2) is 7.14. The van der Waals surface area contributed by atoms with Crippen molar-refractivity contribution in [3.05, 3.63) is 47.5 Å². The van der Waals surface area contributed by atoms with Crippen molar-refractivity contribution in [3.8, 4) is 0 Å². The molecule has 0 amide bonds. The van der Waals surface area contributed by atoms with Gasteiger partial charge < -0.3 is 9.88 Å². The average Bonchev–Trinajstić information content (AvgIpc) is 3.09. The SMILES string of the molecule is O=S(=O)(C(F)F)N1Cc2cc(C(F)(F)F)ccc2N(Cc2cnc[nH]2)[C@H](C23CC(C2)C3)C1. The predicted octanol–water partition coefficient (Wildman–Crippen LogP) is 3.97. The minimum atomic E-state index is -4.99. The quantitative estimate of drug-likeness (QED) is 0.664. The van der Waals surface area contributed by atoms with Gasteiger partial charge in [0, 0.05) is 31.0 Å². The topological polar surface area (TPSA) is 69.3 Å². The van der Waals surface area contributed by atoms with Gasteiger partial charge in [0.05, 0.1) is 24.1 Å². The summed E-state index contributed by atoms with van der Waals surface area (Å²) in [6, 6.07) is 2.70. The third-order valence-electron chi connectivity index (χ3n) is 7.09. The number of hydrogen-bond donors (Lipinski definition) is 1. The Labute approximate surface area is 181 Å². The van der Waals surface area contributed by atoms with Crippen molar-refractivity contribution in [2.75, 3.05) is 11.4 Å². The normalized spacial score (nSPS) is 28.1. The number of anilines is 1. The van der Waals surface area contributed by atoms with E-state index in [0.717, 1.165) is 31.4 Å². The monoisotopic (exact) mass is 476 g/mol. The molecule has 1 aromatic heterocycles. The van der Waals surface area contributed by atoms with Crippen LogP contribution in [0.15, 0.2) is 30.7 Å². The van der Waals surface area contributed by atoms with Gasteiger partial charge in [-0.15, -0.1) is 0 Å². The lowest BCUT2D eigenvalue weighted by molar-refractivity contribution is -0.137. The van der Waals surface area contributed by atoms with Crippen molar-refractivity contribution in [1.82, 2.24) is 14.3 Å². The fraction of sp³-hybridized carbons (Fsp3) is 0.550. The van der Waals surface area contributed by atoms with Crippen LogP contribution in [0.4, 0.5) is 27.6 Å². The second-order valence-corrected chi connectivity index (χ2v) is 10.9. The summed E-state index contributed by atoms with van der Waals surface area (Å²) in [5, 5.41) is 0. The molecule has 1 atom stereocenters. The Morgan fingerprint density at radius 3 is 2.47 bits per heavy atom. The Hall–Kier alpha value is -2.21. The van der Waals surface area contributed by atoms with Gasteiger partial charge in [-0.3, -0.25) is 0 Å². The summed E-state index contributed by atoms with van der Waals surface area (Å²) < 4.78 is 92.7. The molecule has 174 valence electrons. The van der Waals surface area contributed by atoms with Gasteiger partial charge in [-0.25, -0.2) is 13.4 Å². The van der Waals surface area contributed by atoms with Crippen LogP contribution in [0.25, 0.3) is 0 Å². The van der Waals surface area contributed by atoms with Gasteiger partial charge in [-0.05, 0) is 54.4 Å². The Bertz CT molecular complexity index is 1100. The maximum atomic E-state index is 13.5. The molecular weight excluding hydrogens is 455 g/mol. The maximum absolute atomic E-state index is 13.5. The van der Waals surface area contributed by atoms with Crippen molar-refractivity contribution in [1.29, 1.82) is 0 Å². The van der Waals surface area contributed by atoms with Crippen LogP contribution in [0.1, 0.15) is 36.1 Å². The highest BCUT2D eigenvalue weighted by Crippen LogP contribution is 2.67. The highest BCUT2D eigenvalue weighted by molar-refractivity contribution is 7.89. The molecule has 4 aliphatic rings. The fourth-order valence-corrected chi connectivity index (χ4v) is 6.31. The summed E-state index contributed by atoms with van der Waals surface area (Å²) in [6.45, 7) is -0.497. The molecule has 2 bridgehead atoms. The van der Waals surface area contributed by atoms with Crippen molar-refractivity contribution in [3.63, 3.8) is 0 Å². The average molecular weight is 476 g/mol. The molecular formula is C20H21F5N4O2S. The summed E-state index contributed by atoms with van der Waals surface area (Å²) >= 11 is 0. The van der Waals surface area contributed by atoms with Crippen LogP contribution in [-0.4, -0.2) is 41.0 Å². The van der Waals surface area contributed by atoms with Gasteiger partial charge in [-0.1, -0.05) is 0 Å². The molecule has 1 aromatic carbocycles. The van der Waals surface area contributed by atoms with E-state index in [4.69, 9.17) is 0 Å². The van der Waals surface area contributed by atoms with Crippen LogP contribution in [0.5, 0.6) is 0 Å². The Morgan fingerprint density at radius 2 is 1.94 bits per heavy atom. The molecule has 1 aliphatic heterocycles. The van der Waals surface area contributed by atoms with E-state index in [1.807, 2.05) is 4.90 Å². The van der Waals surface area contributed by atoms with E-state index in [1.54, 1.807) is 6.20 Å². The molecule has 32 heavy (non-hydrogen) atoms. The lowest BCUT2D eigenvalue weighted by atomic mass is 9.41. The van der Waals surface area contributed by atoms with Crippen LogP contribution >= 0.6 is 0 Å². The number of rotatable bonds is 5. The zero-order chi connectivity index (χ0) is 22.9. The van der Waals surface area contributed by atoms with E-state index in [-0.39, 0.29) is 24.1 Å². The third kappa shape index (κ3) is 3.38. The Kier molecular flexibility index (Phi) is 4.83. The highest BCUT2D eigenvalue weighted by atomic mass is 32.2. The molecule has 6 nitrogen and oxygen atoms in total. The van der Waals surface area contributed by atoms with Crippen LogP contribution in [0, 0.1) is 11.3 Å². The van der Waals surface area contributed by atoms with Gasteiger partial charge in [0.25, 0.3) is 10.0 Å². The molecule has 6 rings (SSSR count). The molecule has 2 aromatic rings. The minimum absolute atomic E-state index is 0.0534. The highest BCUT2D eigenvalue weighted by Gasteiger charge is 2.63. The first-order valence-electron chi connectivity index (χ1n) is 10.2. The summed E-state index contributed by atoms with van der Waals surface area (Å²) in [6.07, 6.45) is 0.988. The van der Waals surface area contributed by atoms with E-state index in [2.05, 4.69) is 9.97 Å². The molecule has 0 radical (unpaired) electrons. The van der Waals surface area contributed by atoms with Gasteiger partial charge in [0.1, 0.15) is 0 Å². The first-order chi connectivity index (χ1) is 15.0. The van der Waals surface area contributed by atoms with Gasteiger partial charge in [-0.2, -0.15) is 26.3 Å². The van der Waals surface area contributed by atoms with E-state index < -0.39 is 40.1 Å². The Balaban J connectivity index is 1.64.